The van der Waals surface area contributed by atoms with Gasteiger partial charge in [-0.2, -0.15) is 0 Å². The van der Waals surface area contributed by atoms with E-state index in [4.69, 9.17) is 0 Å². The summed E-state index contributed by atoms with van der Waals surface area (Å²) in [6.07, 6.45) is 1.30. The third-order valence-corrected chi connectivity index (χ3v) is 3.15. The van der Waals surface area contributed by atoms with Crippen LogP contribution in [0.25, 0.3) is 5.70 Å². The predicted octanol–water partition coefficient (Wildman–Crippen LogP) is 3.12. The highest BCUT2D eigenvalue weighted by Gasteiger charge is 2.11. The van der Waals surface area contributed by atoms with Gasteiger partial charge in [0.1, 0.15) is 5.82 Å². The van der Waals surface area contributed by atoms with E-state index in [0.29, 0.717) is 16.8 Å². The van der Waals surface area contributed by atoms with E-state index in [0.717, 1.165) is 0 Å². The molecule has 24 heavy (non-hydrogen) atoms. The second-order valence-electron chi connectivity index (χ2n) is 5.55. The van der Waals surface area contributed by atoms with E-state index in [2.05, 4.69) is 10.6 Å². The van der Waals surface area contributed by atoms with Crippen molar-refractivity contribution in [2.24, 2.45) is 0 Å². The van der Waals surface area contributed by atoms with Crippen LogP contribution in [0.15, 0.2) is 60.7 Å². The molecule has 0 saturated heterocycles. The highest BCUT2D eigenvalue weighted by molar-refractivity contribution is 6.03. The zero-order chi connectivity index (χ0) is 17.5. The molecule has 0 unspecified atom stereocenters. The Kier molecular flexibility index (Phi) is 5.84. The largest absolute Gasteiger partial charge is 0.350 e. The molecule has 2 amide bonds. The number of carbonyl (C=O) groups excluding carboxylic acids is 2. The van der Waals surface area contributed by atoms with Crippen molar-refractivity contribution in [2.45, 2.75) is 19.9 Å². The lowest BCUT2D eigenvalue weighted by Crippen LogP contribution is -2.30. The monoisotopic (exact) mass is 326 g/mol. The molecule has 5 heteroatoms. The van der Waals surface area contributed by atoms with E-state index in [1.807, 2.05) is 19.9 Å². The van der Waals surface area contributed by atoms with Gasteiger partial charge in [-0.15, -0.1) is 0 Å². The van der Waals surface area contributed by atoms with Gasteiger partial charge < -0.3 is 10.6 Å². The van der Waals surface area contributed by atoms with Gasteiger partial charge in [-0.3, -0.25) is 9.59 Å². The Labute approximate surface area is 140 Å². The van der Waals surface area contributed by atoms with Crippen LogP contribution in [0.4, 0.5) is 4.39 Å². The van der Waals surface area contributed by atoms with Gasteiger partial charge in [-0.25, -0.2) is 4.39 Å². The summed E-state index contributed by atoms with van der Waals surface area (Å²) in [5, 5.41) is 5.44. The van der Waals surface area contributed by atoms with Crippen molar-refractivity contribution in [3.05, 3.63) is 77.6 Å². The molecule has 2 aromatic carbocycles. The molecule has 0 spiro atoms. The number of nitrogens with one attached hydrogen (secondary N) is 2. The molecule has 0 atom stereocenters. The summed E-state index contributed by atoms with van der Waals surface area (Å²) in [6, 6.07) is 14.2. The Bertz CT molecular complexity index is 738. The molecule has 0 aliphatic heterocycles. The van der Waals surface area contributed by atoms with E-state index >= 15 is 0 Å². The third-order valence-electron chi connectivity index (χ3n) is 3.15. The second kappa shape index (κ2) is 8.06. The molecule has 0 fully saturated rings. The average Bonchev–Trinajstić information content (AvgIpc) is 2.55. The van der Waals surface area contributed by atoms with Crippen LogP contribution in [-0.2, 0) is 4.79 Å². The summed E-state index contributed by atoms with van der Waals surface area (Å²) in [5.41, 5.74) is 1.32. The first-order valence-corrected chi connectivity index (χ1v) is 7.60. The van der Waals surface area contributed by atoms with E-state index in [-0.39, 0.29) is 23.7 Å². The summed E-state index contributed by atoms with van der Waals surface area (Å²) < 4.78 is 13.1. The van der Waals surface area contributed by atoms with Gasteiger partial charge in [0, 0.05) is 17.7 Å². The Morgan fingerprint density at radius 3 is 2.17 bits per heavy atom. The van der Waals surface area contributed by atoms with Crippen LogP contribution >= 0.6 is 0 Å². The van der Waals surface area contributed by atoms with Crippen molar-refractivity contribution in [2.75, 3.05) is 0 Å². The maximum absolute atomic E-state index is 13.1. The Morgan fingerprint density at radius 1 is 0.958 bits per heavy atom. The fourth-order valence-corrected chi connectivity index (χ4v) is 2.06. The SMILES string of the molecule is CC(C)NC(=O)C=C(NC(=O)c1ccccc1)c1ccc(F)cc1. The van der Waals surface area contributed by atoms with Crippen molar-refractivity contribution >= 4 is 17.5 Å². The van der Waals surface area contributed by atoms with Crippen LogP contribution in [0.2, 0.25) is 0 Å². The number of hydrogen-bond acceptors (Lipinski definition) is 2. The standard InChI is InChI=1S/C19H19FN2O2/c1-13(2)21-18(23)12-17(14-8-10-16(20)11-9-14)22-19(24)15-6-4-3-5-7-15/h3-13H,1-2H3,(H,21,23)(H,22,24). The summed E-state index contributed by atoms with van der Waals surface area (Å²) in [5.74, 6) is -1.07. The fraction of sp³-hybridized carbons (Fsp3) is 0.158. The molecule has 0 heterocycles. The van der Waals surface area contributed by atoms with Gasteiger partial charge in [-0.1, -0.05) is 18.2 Å². The first-order chi connectivity index (χ1) is 11.5. The van der Waals surface area contributed by atoms with Crippen LogP contribution in [0, 0.1) is 5.82 Å². The van der Waals surface area contributed by atoms with Crippen molar-refractivity contribution in [1.29, 1.82) is 0 Å². The van der Waals surface area contributed by atoms with Crippen LogP contribution in [-0.4, -0.2) is 17.9 Å². The molecular weight excluding hydrogens is 307 g/mol. The zero-order valence-electron chi connectivity index (χ0n) is 13.5. The number of rotatable bonds is 5. The first-order valence-electron chi connectivity index (χ1n) is 7.60. The molecule has 0 aromatic heterocycles. The van der Waals surface area contributed by atoms with Gasteiger partial charge in [0.15, 0.2) is 0 Å². The maximum atomic E-state index is 13.1. The number of benzene rings is 2. The fourth-order valence-electron chi connectivity index (χ4n) is 2.06. The lowest BCUT2D eigenvalue weighted by molar-refractivity contribution is -0.116. The number of halogens is 1. The molecular formula is C19H19FN2O2. The van der Waals surface area contributed by atoms with Crippen molar-refractivity contribution in [3.8, 4) is 0 Å². The average molecular weight is 326 g/mol. The maximum Gasteiger partial charge on any atom is 0.255 e. The predicted molar refractivity (Wildman–Crippen MR) is 91.6 cm³/mol. The van der Waals surface area contributed by atoms with Crippen molar-refractivity contribution in [3.63, 3.8) is 0 Å². The van der Waals surface area contributed by atoms with Gasteiger partial charge in [0.05, 0.1) is 5.70 Å². The van der Waals surface area contributed by atoms with Crippen LogP contribution < -0.4 is 10.6 Å². The zero-order valence-corrected chi connectivity index (χ0v) is 13.5. The third kappa shape index (κ3) is 5.05. The molecule has 2 N–H and O–H groups in total. The smallest absolute Gasteiger partial charge is 0.255 e. The number of hydrogen-bond donors (Lipinski definition) is 2. The summed E-state index contributed by atoms with van der Waals surface area (Å²) in [4.78, 5) is 24.4. The first kappa shape index (κ1) is 17.4. The van der Waals surface area contributed by atoms with Gasteiger partial charge in [0.2, 0.25) is 5.91 Å². The van der Waals surface area contributed by atoms with Crippen molar-refractivity contribution in [1.82, 2.24) is 10.6 Å². The summed E-state index contributed by atoms with van der Waals surface area (Å²) in [6.45, 7) is 3.68. The normalized spacial score (nSPS) is 11.2. The summed E-state index contributed by atoms with van der Waals surface area (Å²) >= 11 is 0. The Morgan fingerprint density at radius 2 is 1.58 bits per heavy atom. The van der Waals surface area contributed by atoms with Crippen molar-refractivity contribution < 1.29 is 14.0 Å². The highest BCUT2D eigenvalue weighted by Crippen LogP contribution is 2.13. The minimum absolute atomic E-state index is 0.0342. The molecule has 124 valence electrons. The van der Waals surface area contributed by atoms with Crippen LogP contribution in [0.1, 0.15) is 29.8 Å². The molecule has 0 radical (unpaired) electrons. The highest BCUT2D eigenvalue weighted by atomic mass is 19.1. The molecule has 0 aliphatic rings. The van der Waals surface area contributed by atoms with Crippen LogP contribution in [0.5, 0.6) is 0 Å². The Hall–Kier alpha value is -2.95. The lowest BCUT2D eigenvalue weighted by atomic mass is 10.1. The van der Waals surface area contributed by atoms with E-state index in [1.54, 1.807) is 24.3 Å². The van der Waals surface area contributed by atoms with Gasteiger partial charge in [0.25, 0.3) is 5.91 Å². The van der Waals surface area contributed by atoms with Gasteiger partial charge in [-0.05, 0) is 55.8 Å². The van der Waals surface area contributed by atoms with E-state index in [1.165, 1.54) is 30.3 Å². The van der Waals surface area contributed by atoms with E-state index in [9.17, 15) is 14.0 Å². The molecule has 4 nitrogen and oxygen atoms in total. The molecule has 2 rings (SSSR count). The molecule has 0 saturated carbocycles. The molecule has 0 bridgehead atoms. The lowest BCUT2D eigenvalue weighted by Gasteiger charge is -2.12. The number of amides is 2. The van der Waals surface area contributed by atoms with Crippen LogP contribution in [0.3, 0.4) is 0 Å². The second-order valence-corrected chi connectivity index (χ2v) is 5.55. The number of carbonyl (C=O) groups is 2. The topological polar surface area (TPSA) is 58.2 Å². The summed E-state index contributed by atoms with van der Waals surface area (Å²) in [7, 11) is 0. The molecule has 2 aromatic rings. The molecule has 0 aliphatic carbocycles. The van der Waals surface area contributed by atoms with E-state index < -0.39 is 0 Å². The Balaban J connectivity index is 2.28. The quantitative estimate of drug-likeness (QED) is 0.830. The van der Waals surface area contributed by atoms with Gasteiger partial charge >= 0.3 is 0 Å². The minimum Gasteiger partial charge on any atom is -0.350 e. The minimum atomic E-state index is -0.390.